The normalized spacial score (nSPS) is 13.8. The minimum absolute atomic E-state index is 0.142. The molecule has 166 valence electrons. The Morgan fingerprint density at radius 1 is 0.767 bits per heavy atom. The van der Waals surface area contributed by atoms with Gasteiger partial charge >= 0.3 is 23.1 Å². The number of carboxylic acid groups (broad SMARTS) is 2. The van der Waals surface area contributed by atoms with Crippen molar-refractivity contribution >= 4 is 48.5 Å². The Labute approximate surface area is 167 Å². The van der Waals surface area contributed by atoms with Crippen molar-refractivity contribution in [2.75, 3.05) is 20.3 Å². The Bertz CT molecular complexity index is 753. The van der Waals surface area contributed by atoms with Crippen molar-refractivity contribution in [3.63, 3.8) is 0 Å². The second-order valence-corrected chi connectivity index (χ2v) is 5.03. The van der Waals surface area contributed by atoms with E-state index in [9.17, 15) is 43.5 Å². The fourth-order valence-corrected chi connectivity index (χ4v) is 1.97. The standard InChI is InChI=1S/C14H18N4O12/c1-3-16-8(22)14(12(27)28,30-6-20)10(24)18-4-17-9(23)13(11(25)26,29-5-19)7(21)15-2/h5-6H,3-4H2,1-2H3,(H,15,21)(H,16,22)(H,17,23)(H,18,24)(H,25,26)(H,27,28). The first kappa shape index (κ1) is 25.8. The first-order chi connectivity index (χ1) is 14.0. The Balaban J connectivity index is 5.64. The van der Waals surface area contributed by atoms with E-state index < -0.39 is 66.4 Å². The smallest absolute Gasteiger partial charge is 0.368 e. The van der Waals surface area contributed by atoms with Gasteiger partial charge in [0.1, 0.15) is 0 Å². The fraction of sp³-hybridized carbons (Fsp3) is 0.429. The number of carboxylic acids is 2. The summed E-state index contributed by atoms with van der Waals surface area (Å²) >= 11 is 0. The molecule has 0 aliphatic heterocycles. The second kappa shape index (κ2) is 10.9. The van der Waals surface area contributed by atoms with Crippen molar-refractivity contribution in [2.45, 2.75) is 18.1 Å². The van der Waals surface area contributed by atoms with E-state index >= 15 is 0 Å². The van der Waals surface area contributed by atoms with Gasteiger partial charge in [-0.3, -0.25) is 28.8 Å². The summed E-state index contributed by atoms with van der Waals surface area (Å²) in [5, 5.41) is 25.5. The minimum Gasteiger partial charge on any atom is -0.477 e. The van der Waals surface area contributed by atoms with Crippen LogP contribution in [0.3, 0.4) is 0 Å². The Kier molecular flexibility index (Phi) is 9.39. The number of carbonyl (C=O) groups excluding carboxylic acids is 6. The first-order valence-corrected chi connectivity index (χ1v) is 7.79. The third kappa shape index (κ3) is 4.78. The Hall–Kier alpha value is -4.24. The maximum absolute atomic E-state index is 12.2. The van der Waals surface area contributed by atoms with Crippen LogP contribution in [0.25, 0.3) is 0 Å². The number of hydrogen-bond donors (Lipinski definition) is 6. The lowest BCUT2D eigenvalue weighted by Crippen LogP contribution is -2.66. The van der Waals surface area contributed by atoms with E-state index in [1.54, 1.807) is 16.0 Å². The molecule has 0 aliphatic carbocycles. The summed E-state index contributed by atoms with van der Waals surface area (Å²) in [5.74, 6) is -10.9. The summed E-state index contributed by atoms with van der Waals surface area (Å²) in [6.07, 6.45) is 0. The SMILES string of the molecule is CCNC(=O)C(OC=O)(C(=O)O)C(=O)NCNC(=O)C(OC=O)(C(=O)O)C(=O)NC. The molecular formula is C14H18N4O12. The van der Waals surface area contributed by atoms with Gasteiger partial charge in [0.15, 0.2) is 0 Å². The summed E-state index contributed by atoms with van der Waals surface area (Å²) < 4.78 is 8.31. The van der Waals surface area contributed by atoms with Gasteiger partial charge in [0.2, 0.25) is 0 Å². The lowest BCUT2D eigenvalue weighted by molar-refractivity contribution is -0.181. The van der Waals surface area contributed by atoms with Crippen molar-refractivity contribution in [2.24, 2.45) is 0 Å². The number of likely N-dealkylation sites (N-methyl/N-ethyl adjacent to an activating group) is 2. The lowest BCUT2D eigenvalue weighted by Gasteiger charge is -2.26. The number of rotatable bonds is 13. The monoisotopic (exact) mass is 434 g/mol. The van der Waals surface area contributed by atoms with E-state index in [4.69, 9.17) is 5.11 Å². The molecule has 0 rings (SSSR count). The van der Waals surface area contributed by atoms with Crippen molar-refractivity contribution in [3.05, 3.63) is 0 Å². The molecule has 2 unspecified atom stereocenters. The third-order valence-electron chi connectivity index (χ3n) is 3.39. The highest BCUT2D eigenvalue weighted by atomic mass is 16.6. The summed E-state index contributed by atoms with van der Waals surface area (Å²) in [5.41, 5.74) is -6.74. The van der Waals surface area contributed by atoms with Gasteiger partial charge in [-0.15, -0.1) is 0 Å². The lowest BCUT2D eigenvalue weighted by atomic mass is 10.0. The van der Waals surface area contributed by atoms with E-state index in [1.165, 1.54) is 6.92 Å². The molecule has 0 radical (unpaired) electrons. The Morgan fingerprint density at radius 3 is 1.43 bits per heavy atom. The molecule has 4 amide bonds. The van der Waals surface area contributed by atoms with Gasteiger partial charge in [0.25, 0.3) is 36.6 Å². The zero-order valence-corrected chi connectivity index (χ0v) is 15.5. The summed E-state index contributed by atoms with van der Waals surface area (Å²) in [7, 11) is 0.938. The van der Waals surface area contributed by atoms with E-state index in [1.807, 2.05) is 5.32 Å². The van der Waals surface area contributed by atoms with E-state index in [2.05, 4.69) is 9.47 Å². The number of hydrogen-bond acceptors (Lipinski definition) is 10. The maximum Gasteiger partial charge on any atom is 0.368 e. The molecule has 16 heteroatoms. The predicted octanol–water partition coefficient (Wildman–Crippen LogP) is -4.95. The van der Waals surface area contributed by atoms with Crippen molar-refractivity contribution < 1.29 is 58.0 Å². The largest absolute Gasteiger partial charge is 0.477 e. The number of aliphatic carboxylic acids is 2. The van der Waals surface area contributed by atoms with Gasteiger partial charge in [-0.25, -0.2) is 9.59 Å². The van der Waals surface area contributed by atoms with Crippen LogP contribution >= 0.6 is 0 Å². The molecule has 0 aromatic heterocycles. The molecule has 0 aliphatic rings. The molecule has 0 fully saturated rings. The van der Waals surface area contributed by atoms with E-state index in [0.29, 0.717) is 0 Å². The van der Waals surface area contributed by atoms with Gasteiger partial charge in [-0.05, 0) is 6.92 Å². The molecule has 16 nitrogen and oxygen atoms in total. The van der Waals surface area contributed by atoms with Crippen LogP contribution in [0, 0.1) is 0 Å². The number of nitrogens with one attached hydrogen (secondary N) is 4. The fourth-order valence-electron chi connectivity index (χ4n) is 1.97. The molecule has 2 atom stereocenters. The summed E-state index contributed by atoms with van der Waals surface area (Å²) in [4.78, 5) is 92.2. The van der Waals surface area contributed by atoms with Gasteiger partial charge < -0.3 is 41.0 Å². The molecule has 0 saturated carbocycles. The maximum atomic E-state index is 12.2. The quantitative estimate of drug-likeness (QED) is 0.0907. The van der Waals surface area contributed by atoms with Crippen LogP contribution in [0.5, 0.6) is 0 Å². The average molecular weight is 434 g/mol. The number of amides is 4. The highest BCUT2D eigenvalue weighted by Gasteiger charge is 2.58. The van der Waals surface area contributed by atoms with Crippen LogP contribution in [0.1, 0.15) is 6.92 Å². The summed E-state index contributed by atoms with van der Waals surface area (Å²) in [6.45, 7) is -0.787. The van der Waals surface area contributed by atoms with Gasteiger partial charge in [0, 0.05) is 13.6 Å². The van der Waals surface area contributed by atoms with Crippen molar-refractivity contribution in [1.82, 2.24) is 21.3 Å². The minimum atomic E-state index is -3.37. The molecule has 0 spiro atoms. The van der Waals surface area contributed by atoms with Crippen LogP contribution < -0.4 is 21.3 Å². The molecule has 0 aromatic carbocycles. The molecule has 6 N–H and O–H groups in total. The zero-order valence-electron chi connectivity index (χ0n) is 15.5. The molecule has 30 heavy (non-hydrogen) atoms. The van der Waals surface area contributed by atoms with Crippen LogP contribution in [0.15, 0.2) is 0 Å². The molecule has 0 heterocycles. The second-order valence-electron chi connectivity index (χ2n) is 5.03. The number of carbonyl (C=O) groups is 8. The van der Waals surface area contributed by atoms with E-state index in [-0.39, 0.29) is 6.54 Å². The van der Waals surface area contributed by atoms with Gasteiger partial charge in [0.05, 0.1) is 6.67 Å². The predicted molar refractivity (Wildman–Crippen MR) is 88.9 cm³/mol. The average Bonchev–Trinajstić information content (AvgIpc) is 2.68. The topological polar surface area (TPSA) is 244 Å². The molecule has 0 aromatic rings. The first-order valence-electron chi connectivity index (χ1n) is 7.79. The van der Waals surface area contributed by atoms with Gasteiger partial charge in [-0.1, -0.05) is 0 Å². The van der Waals surface area contributed by atoms with Crippen molar-refractivity contribution in [1.29, 1.82) is 0 Å². The highest BCUT2D eigenvalue weighted by Crippen LogP contribution is 2.13. The van der Waals surface area contributed by atoms with Crippen LogP contribution in [-0.2, 0) is 47.8 Å². The Morgan fingerprint density at radius 2 is 1.13 bits per heavy atom. The molecule has 0 saturated heterocycles. The van der Waals surface area contributed by atoms with Crippen LogP contribution in [0.2, 0.25) is 0 Å². The highest BCUT2D eigenvalue weighted by molar-refractivity contribution is 6.26. The van der Waals surface area contributed by atoms with Crippen LogP contribution in [-0.4, -0.2) is 90.2 Å². The molecule has 0 bridgehead atoms. The third-order valence-corrected chi connectivity index (χ3v) is 3.39. The van der Waals surface area contributed by atoms with Crippen LogP contribution in [0.4, 0.5) is 0 Å². The zero-order chi connectivity index (χ0) is 23.5. The number of ether oxygens (including phenoxy) is 2. The molecular weight excluding hydrogens is 416 g/mol. The van der Waals surface area contributed by atoms with E-state index in [0.717, 1.165) is 7.05 Å². The summed E-state index contributed by atoms with van der Waals surface area (Å²) in [6, 6.07) is 0. The van der Waals surface area contributed by atoms with Gasteiger partial charge in [-0.2, -0.15) is 0 Å². The van der Waals surface area contributed by atoms with Crippen molar-refractivity contribution in [3.8, 4) is 0 Å².